The van der Waals surface area contributed by atoms with Crippen molar-refractivity contribution < 1.29 is 9.53 Å². The Kier molecular flexibility index (Phi) is 4.93. The van der Waals surface area contributed by atoms with Crippen molar-refractivity contribution in [1.29, 1.82) is 0 Å². The van der Waals surface area contributed by atoms with Gasteiger partial charge in [0, 0.05) is 31.3 Å². The molecule has 0 spiro atoms. The van der Waals surface area contributed by atoms with Crippen molar-refractivity contribution in [1.82, 2.24) is 14.9 Å². The molecule has 0 aromatic carbocycles. The van der Waals surface area contributed by atoms with E-state index in [2.05, 4.69) is 26.3 Å². The Bertz CT molecular complexity index is 556. The summed E-state index contributed by atoms with van der Waals surface area (Å²) in [5.74, 6) is -0.109. The lowest BCUT2D eigenvalue weighted by atomic mass is 10.2. The fraction of sp³-hybridized carbons (Fsp3) is 0.385. The molecule has 1 atom stereocenters. The average molecular weight is 326 g/mol. The van der Waals surface area contributed by atoms with Gasteiger partial charge in [-0.2, -0.15) is 5.10 Å². The SMILES string of the molecule is COCCC(CBr)NC(=O)c1cnn2ccccc12. The first-order chi connectivity index (χ1) is 9.26. The van der Waals surface area contributed by atoms with Crippen LogP contribution in [0.1, 0.15) is 16.8 Å². The van der Waals surface area contributed by atoms with Crippen molar-refractivity contribution in [3.05, 3.63) is 36.2 Å². The highest BCUT2D eigenvalue weighted by Gasteiger charge is 2.16. The minimum Gasteiger partial charge on any atom is -0.385 e. The van der Waals surface area contributed by atoms with Gasteiger partial charge in [-0.05, 0) is 18.6 Å². The van der Waals surface area contributed by atoms with Crippen LogP contribution in [0.3, 0.4) is 0 Å². The first-order valence-corrected chi connectivity index (χ1v) is 7.16. The highest BCUT2D eigenvalue weighted by molar-refractivity contribution is 9.09. The molecule has 2 heterocycles. The standard InChI is InChI=1S/C13H16BrN3O2/c1-19-7-5-10(8-14)16-13(18)11-9-15-17-6-3-2-4-12(11)17/h2-4,6,9-10H,5,7-8H2,1H3,(H,16,18). The zero-order valence-corrected chi connectivity index (χ0v) is 12.3. The van der Waals surface area contributed by atoms with Crippen LogP contribution in [-0.2, 0) is 4.74 Å². The van der Waals surface area contributed by atoms with Gasteiger partial charge < -0.3 is 10.1 Å². The van der Waals surface area contributed by atoms with Crippen molar-refractivity contribution in [3.8, 4) is 0 Å². The number of alkyl halides is 1. The molecule has 2 aromatic heterocycles. The van der Waals surface area contributed by atoms with Crippen LogP contribution < -0.4 is 5.32 Å². The number of nitrogens with one attached hydrogen (secondary N) is 1. The maximum absolute atomic E-state index is 12.2. The van der Waals surface area contributed by atoms with Gasteiger partial charge in [0.2, 0.25) is 0 Å². The lowest BCUT2D eigenvalue weighted by Crippen LogP contribution is -2.36. The molecule has 102 valence electrons. The van der Waals surface area contributed by atoms with Gasteiger partial charge in [0.1, 0.15) is 0 Å². The molecule has 0 bridgehead atoms. The molecule has 2 rings (SSSR count). The topological polar surface area (TPSA) is 55.6 Å². The van der Waals surface area contributed by atoms with E-state index in [9.17, 15) is 4.79 Å². The first-order valence-electron chi connectivity index (χ1n) is 6.04. The molecule has 0 fully saturated rings. The summed E-state index contributed by atoms with van der Waals surface area (Å²) in [5.41, 5.74) is 1.39. The Hall–Kier alpha value is -1.40. The molecule has 19 heavy (non-hydrogen) atoms. The predicted molar refractivity (Wildman–Crippen MR) is 76.7 cm³/mol. The summed E-state index contributed by atoms with van der Waals surface area (Å²) in [7, 11) is 1.65. The molecule has 0 saturated carbocycles. The second kappa shape index (κ2) is 6.68. The van der Waals surface area contributed by atoms with Crippen LogP contribution >= 0.6 is 15.9 Å². The number of fused-ring (bicyclic) bond motifs is 1. The number of nitrogens with zero attached hydrogens (tertiary/aromatic N) is 2. The molecule has 0 aliphatic rings. The van der Waals surface area contributed by atoms with Crippen LogP contribution in [0.15, 0.2) is 30.6 Å². The largest absolute Gasteiger partial charge is 0.385 e. The number of methoxy groups -OCH3 is 1. The summed E-state index contributed by atoms with van der Waals surface area (Å²) in [4.78, 5) is 12.2. The molecule has 6 heteroatoms. The van der Waals surface area contributed by atoms with Crippen molar-refractivity contribution in [2.24, 2.45) is 0 Å². The van der Waals surface area contributed by atoms with E-state index in [1.54, 1.807) is 17.8 Å². The van der Waals surface area contributed by atoms with E-state index in [0.717, 1.165) is 11.9 Å². The smallest absolute Gasteiger partial charge is 0.255 e. The quantitative estimate of drug-likeness (QED) is 0.825. The van der Waals surface area contributed by atoms with E-state index in [1.165, 1.54) is 0 Å². The van der Waals surface area contributed by atoms with E-state index in [1.807, 2.05) is 24.4 Å². The molecule has 5 nitrogen and oxygen atoms in total. The first kappa shape index (κ1) is 14.0. The maximum Gasteiger partial charge on any atom is 0.255 e. The number of hydrogen-bond acceptors (Lipinski definition) is 3. The van der Waals surface area contributed by atoms with E-state index < -0.39 is 0 Å². The van der Waals surface area contributed by atoms with Crippen molar-refractivity contribution in [3.63, 3.8) is 0 Å². The minimum atomic E-state index is -0.109. The molecular formula is C13H16BrN3O2. The van der Waals surface area contributed by atoms with Gasteiger partial charge in [0.25, 0.3) is 5.91 Å². The average Bonchev–Trinajstić information content (AvgIpc) is 2.87. The zero-order chi connectivity index (χ0) is 13.7. The lowest BCUT2D eigenvalue weighted by Gasteiger charge is -2.15. The summed E-state index contributed by atoms with van der Waals surface area (Å²) in [6.07, 6.45) is 4.18. The third kappa shape index (κ3) is 3.33. The Morgan fingerprint density at radius 3 is 3.16 bits per heavy atom. The van der Waals surface area contributed by atoms with Crippen LogP contribution in [0, 0.1) is 0 Å². The number of pyridine rings is 1. The van der Waals surface area contributed by atoms with Gasteiger partial charge in [-0.15, -0.1) is 0 Å². The monoisotopic (exact) mass is 325 g/mol. The van der Waals surface area contributed by atoms with Gasteiger partial charge in [0.15, 0.2) is 0 Å². The molecule has 0 aliphatic heterocycles. The Balaban J connectivity index is 2.10. The number of halogens is 1. The number of amides is 1. The van der Waals surface area contributed by atoms with Gasteiger partial charge in [-0.1, -0.05) is 22.0 Å². The second-order valence-electron chi connectivity index (χ2n) is 4.19. The van der Waals surface area contributed by atoms with Crippen molar-refractivity contribution in [2.75, 3.05) is 19.0 Å². The summed E-state index contributed by atoms with van der Waals surface area (Å²) in [6.45, 7) is 0.616. The van der Waals surface area contributed by atoms with Gasteiger partial charge in [-0.3, -0.25) is 4.79 Å². The van der Waals surface area contributed by atoms with Crippen LogP contribution in [0.4, 0.5) is 0 Å². The fourth-order valence-corrected chi connectivity index (χ4v) is 2.31. The molecule has 1 unspecified atom stereocenters. The highest BCUT2D eigenvalue weighted by atomic mass is 79.9. The number of carbonyl (C=O) groups excluding carboxylic acids is 1. The predicted octanol–water partition coefficient (Wildman–Crippen LogP) is 1.86. The zero-order valence-electron chi connectivity index (χ0n) is 10.7. The van der Waals surface area contributed by atoms with E-state index in [0.29, 0.717) is 17.5 Å². The molecule has 2 aromatic rings. The molecular weight excluding hydrogens is 310 g/mol. The van der Waals surface area contributed by atoms with Gasteiger partial charge in [-0.25, -0.2) is 4.52 Å². The maximum atomic E-state index is 12.2. The van der Waals surface area contributed by atoms with Crippen molar-refractivity contribution in [2.45, 2.75) is 12.5 Å². The van der Waals surface area contributed by atoms with E-state index in [-0.39, 0.29) is 11.9 Å². The third-order valence-corrected chi connectivity index (χ3v) is 3.64. The number of hydrogen-bond donors (Lipinski definition) is 1. The summed E-state index contributed by atoms with van der Waals surface area (Å²) >= 11 is 3.40. The lowest BCUT2D eigenvalue weighted by molar-refractivity contribution is 0.0932. The minimum absolute atomic E-state index is 0.0473. The Labute approximate surface area is 120 Å². The molecule has 0 radical (unpaired) electrons. The number of carbonyl (C=O) groups is 1. The molecule has 0 aliphatic carbocycles. The number of rotatable bonds is 6. The van der Waals surface area contributed by atoms with Crippen LogP contribution in [0.5, 0.6) is 0 Å². The third-order valence-electron chi connectivity index (χ3n) is 2.86. The second-order valence-corrected chi connectivity index (χ2v) is 4.84. The summed E-state index contributed by atoms with van der Waals surface area (Å²) < 4.78 is 6.72. The van der Waals surface area contributed by atoms with Crippen LogP contribution in [0.25, 0.3) is 5.52 Å². The Morgan fingerprint density at radius 1 is 1.58 bits per heavy atom. The number of aromatic nitrogens is 2. The van der Waals surface area contributed by atoms with Crippen molar-refractivity contribution >= 4 is 27.4 Å². The summed E-state index contributed by atoms with van der Waals surface area (Å²) in [5, 5.41) is 7.83. The summed E-state index contributed by atoms with van der Waals surface area (Å²) in [6, 6.07) is 5.69. The number of ether oxygens (including phenoxy) is 1. The fourth-order valence-electron chi connectivity index (χ4n) is 1.82. The molecule has 1 N–H and O–H groups in total. The molecule has 0 saturated heterocycles. The van der Waals surface area contributed by atoms with E-state index in [4.69, 9.17) is 4.74 Å². The highest BCUT2D eigenvalue weighted by Crippen LogP contribution is 2.10. The normalized spacial score (nSPS) is 12.5. The van der Waals surface area contributed by atoms with Crippen LogP contribution in [-0.4, -0.2) is 40.6 Å². The van der Waals surface area contributed by atoms with Crippen LogP contribution in [0.2, 0.25) is 0 Å². The Morgan fingerprint density at radius 2 is 2.42 bits per heavy atom. The molecule has 1 amide bonds. The van der Waals surface area contributed by atoms with Gasteiger partial charge >= 0.3 is 0 Å². The van der Waals surface area contributed by atoms with E-state index >= 15 is 0 Å². The van der Waals surface area contributed by atoms with Gasteiger partial charge in [0.05, 0.1) is 17.3 Å².